The van der Waals surface area contributed by atoms with Crippen LogP contribution in [0.5, 0.6) is 0 Å². The number of hydrogen-bond acceptors (Lipinski definition) is 4. The number of nitrogens with one attached hydrogen (secondary N) is 3. The lowest BCUT2D eigenvalue weighted by Gasteiger charge is -2.12. The molecule has 0 radical (unpaired) electrons. The zero-order chi connectivity index (χ0) is 16.8. The lowest BCUT2D eigenvalue weighted by molar-refractivity contribution is 0.0951. The summed E-state index contributed by atoms with van der Waals surface area (Å²) in [7, 11) is 0. The minimum Gasteiger partial charge on any atom is -0.396 e. The van der Waals surface area contributed by atoms with Gasteiger partial charge in [0.25, 0.3) is 5.91 Å². The number of carbonyl (C=O) groups is 1. The van der Waals surface area contributed by atoms with Gasteiger partial charge in [-0.1, -0.05) is 6.07 Å². The molecule has 0 aliphatic heterocycles. The van der Waals surface area contributed by atoms with Crippen molar-refractivity contribution in [3.8, 4) is 0 Å². The molecule has 2 aromatic rings. The van der Waals surface area contributed by atoms with E-state index in [9.17, 15) is 14.0 Å². The first-order valence-electron chi connectivity index (χ1n) is 7.16. The van der Waals surface area contributed by atoms with Gasteiger partial charge in [0.05, 0.1) is 16.9 Å². The highest BCUT2D eigenvalue weighted by Crippen LogP contribution is 2.22. The van der Waals surface area contributed by atoms with Crippen molar-refractivity contribution in [2.45, 2.75) is 13.3 Å². The van der Waals surface area contributed by atoms with Crippen molar-refractivity contribution in [3.63, 3.8) is 0 Å². The van der Waals surface area contributed by atoms with E-state index in [-0.39, 0.29) is 23.5 Å². The van der Waals surface area contributed by atoms with Crippen molar-refractivity contribution in [1.29, 1.82) is 0 Å². The number of aryl methyl sites for hydroxylation is 1. The summed E-state index contributed by atoms with van der Waals surface area (Å²) in [6, 6.07) is 5.82. The first kappa shape index (κ1) is 16.7. The molecule has 1 aromatic carbocycles. The van der Waals surface area contributed by atoms with Crippen LogP contribution in [-0.4, -0.2) is 29.1 Å². The Morgan fingerprint density at radius 1 is 1.30 bits per heavy atom. The van der Waals surface area contributed by atoms with Crippen molar-refractivity contribution >= 4 is 17.3 Å². The molecular weight excluding hydrogens is 301 g/mol. The largest absolute Gasteiger partial charge is 0.396 e. The van der Waals surface area contributed by atoms with Crippen molar-refractivity contribution in [1.82, 2.24) is 10.3 Å². The van der Waals surface area contributed by atoms with Crippen LogP contribution in [-0.2, 0) is 0 Å². The third-order valence-corrected chi connectivity index (χ3v) is 3.18. The maximum absolute atomic E-state index is 13.9. The van der Waals surface area contributed by atoms with Crippen LogP contribution in [0.15, 0.2) is 35.3 Å². The van der Waals surface area contributed by atoms with Gasteiger partial charge in [0.15, 0.2) is 0 Å². The summed E-state index contributed by atoms with van der Waals surface area (Å²) in [6.07, 6.45) is 1.69. The van der Waals surface area contributed by atoms with Gasteiger partial charge in [-0.3, -0.25) is 9.59 Å². The van der Waals surface area contributed by atoms with Crippen LogP contribution < -0.4 is 16.2 Å². The number of hydrogen-bond donors (Lipinski definition) is 4. The first-order valence-corrected chi connectivity index (χ1v) is 7.16. The predicted octanol–water partition coefficient (Wildman–Crippen LogP) is 1.68. The first-order chi connectivity index (χ1) is 11.0. The summed E-state index contributed by atoms with van der Waals surface area (Å²) in [4.78, 5) is 26.1. The van der Waals surface area contributed by atoms with Gasteiger partial charge in [-0.05, 0) is 31.0 Å². The third kappa shape index (κ3) is 4.40. The second kappa shape index (κ2) is 7.55. The number of benzene rings is 1. The highest BCUT2D eigenvalue weighted by atomic mass is 19.1. The number of amides is 1. The van der Waals surface area contributed by atoms with Crippen molar-refractivity contribution in [3.05, 3.63) is 57.8 Å². The van der Waals surface area contributed by atoms with E-state index in [1.54, 1.807) is 19.1 Å². The van der Waals surface area contributed by atoms with E-state index in [1.165, 1.54) is 18.3 Å². The quantitative estimate of drug-likeness (QED) is 0.609. The average Bonchev–Trinajstić information content (AvgIpc) is 2.50. The van der Waals surface area contributed by atoms with E-state index in [1.807, 2.05) is 0 Å². The Bertz CT molecular complexity index is 758. The Morgan fingerprint density at radius 3 is 2.78 bits per heavy atom. The molecule has 122 valence electrons. The molecule has 0 bridgehead atoms. The Kier molecular flexibility index (Phi) is 5.48. The number of aromatic nitrogens is 1. The Labute approximate surface area is 132 Å². The molecular formula is C16H18FN3O3. The van der Waals surface area contributed by atoms with Crippen molar-refractivity contribution < 1.29 is 14.3 Å². The highest BCUT2D eigenvalue weighted by Gasteiger charge is 2.13. The molecule has 1 aromatic heterocycles. The molecule has 0 aliphatic carbocycles. The number of halogens is 1. The molecule has 0 fully saturated rings. The summed E-state index contributed by atoms with van der Waals surface area (Å²) in [5.74, 6) is -0.901. The molecule has 0 saturated heterocycles. The molecule has 6 nitrogen and oxygen atoms in total. The molecule has 0 spiro atoms. The Balaban J connectivity index is 2.28. The lowest BCUT2D eigenvalue weighted by Crippen LogP contribution is -2.26. The van der Waals surface area contributed by atoms with E-state index < -0.39 is 17.3 Å². The summed E-state index contributed by atoms with van der Waals surface area (Å²) < 4.78 is 13.9. The van der Waals surface area contributed by atoms with Crippen LogP contribution in [0, 0.1) is 12.7 Å². The molecule has 0 atom stereocenters. The molecule has 23 heavy (non-hydrogen) atoms. The number of rotatable bonds is 6. The molecule has 0 aliphatic rings. The molecule has 0 unspecified atom stereocenters. The van der Waals surface area contributed by atoms with Gasteiger partial charge in [0.2, 0.25) is 5.56 Å². The smallest absolute Gasteiger partial charge is 0.254 e. The zero-order valence-electron chi connectivity index (χ0n) is 12.6. The lowest BCUT2D eigenvalue weighted by atomic mass is 10.1. The van der Waals surface area contributed by atoms with Gasteiger partial charge >= 0.3 is 0 Å². The molecule has 1 amide bonds. The molecule has 1 heterocycles. The minimum absolute atomic E-state index is 0.0361. The summed E-state index contributed by atoms with van der Waals surface area (Å²) >= 11 is 0. The van der Waals surface area contributed by atoms with Gasteiger partial charge in [0, 0.05) is 25.4 Å². The maximum atomic E-state index is 13.9. The van der Waals surface area contributed by atoms with Crippen LogP contribution in [0.1, 0.15) is 22.3 Å². The number of anilines is 2. The molecule has 7 heteroatoms. The van der Waals surface area contributed by atoms with E-state index in [4.69, 9.17) is 5.11 Å². The fraction of sp³-hybridized carbons (Fsp3) is 0.250. The second-order valence-electron chi connectivity index (χ2n) is 5.07. The maximum Gasteiger partial charge on any atom is 0.254 e. The second-order valence-corrected chi connectivity index (χ2v) is 5.07. The van der Waals surface area contributed by atoms with Gasteiger partial charge in [-0.25, -0.2) is 4.39 Å². The Hall–Kier alpha value is -2.67. The normalized spacial score (nSPS) is 10.4. The van der Waals surface area contributed by atoms with Crippen LogP contribution in [0.4, 0.5) is 15.8 Å². The van der Waals surface area contributed by atoms with Crippen LogP contribution >= 0.6 is 0 Å². The van der Waals surface area contributed by atoms with Gasteiger partial charge < -0.3 is 20.7 Å². The van der Waals surface area contributed by atoms with Crippen molar-refractivity contribution in [2.24, 2.45) is 0 Å². The van der Waals surface area contributed by atoms with E-state index in [0.29, 0.717) is 13.0 Å². The Morgan fingerprint density at radius 2 is 2.09 bits per heavy atom. The number of H-pyrrole nitrogens is 1. The topological polar surface area (TPSA) is 94.2 Å². The van der Waals surface area contributed by atoms with Crippen molar-refractivity contribution in [2.75, 3.05) is 18.5 Å². The highest BCUT2D eigenvalue weighted by molar-refractivity contribution is 5.99. The third-order valence-electron chi connectivity index (χ3n) is 3.18. The summed E-state index contributed by atoms with van der Waals surface area (Å²) in [5.41, 5.74) is 0.916. The van der Waals surface area contributed by atoms with E-state index in [0.717, 1.165) is 5.56 Å². The average molecular weight is 319 g/mol. The minimum atomic E-state index is -0.475. The predicted molar refractivity (Wildman–Crippen MR) is 85.5 cm³/mol. The summed E-state index contributed by atoms with van der Waals surface area (Å²) in [5, 5.41) is 14.1. The number of aliphatic hydroxyl groups excluding tert-OH is 1. The number of aromatic amines is 1. The van der Waals surface area contributed by atoms with E-state index >= 15 is 0 Å². The number of carbonyl (C=O) groups excluding carboxylic acids is 1. The zero-order valence-corrected chi connectivity index (χ0v) is 12.6. The summed E-state index contributed by atoms with van der Waals surface area (Å²) in [6.45, 7) is 2.03. The van der Waals surface area contributed by atoms with E-state index in [2.05, 4.69) is 15.6 Å². The molecule has 0 saturated carbocycles. The molecule has 2 rings (SSSR count). The fourth-order valence-corrected chi connectivity index (χ4v) is 2.01. The van der Waals surface area contributed by atoms with Crippen LogP contribution in [0.25, 0.3) is 0 Å². The standard InChI is InChI=1S/C16H18FN3O3/c1-10-3-4-13(12(17)7-10)20-14-8-15(22)19-9-11(14)16(23)18-5-2-6-21/h3-4,7-9,21H,2,5-6H2,1H3,(H,18,23)(H2,19,20,22). The monoisotopic (exact) mass is 319 g/mol. The van der Waals surface area contributed by atoms with Gasteiger partial charge in [-0.2, -0.15) is 0 Å². The van der Waals surface area contributed by atoms with Crippen LogP contribution in [0.2, 0.25) is 0 Å². The number of aliphatic hydroxyl groups is 1. The van der Waals surface area contributed by atoms with Gasteiger partial charge in [-0.15, -0.1) is 0 Å². The fourth-order valence-electron chi connectivity index (χ4n) is 2.01. The van der Waals surface area contributed by atoms with Crippen LogP contribution in [0.3, 0.4) is 0 Å². The number of pyridine rings is 1. The van der Waals surface area contributed by atoms with Gasteiger partial charge in [0.1, 0.15) is 5.82 Å². The SMILES string of the molecule is Cc1ccc(Nc2cc(=O)[nH]cc2C(=O)NCCCO)c(F)c1. The molecule has 4 N–H and O–H groups in total.